The van der Waals surface area contributed by atoms with Gasteiger partial charge in [0.2, 0.25) is 0 Å². The maximum absolute atomic E-state index is 11.1. The van der Waals surface area contributed by atoms with Crippen LogP contribution < -0.4 is 0 Å². The summed E-state index contributed by atoms with van der Waals surface area (Å²) in [5.74, 6) is -1.54. The molecule has 0 heterocycles. The van der Waals surface area contributed by atoms with Gasteiger partial charge in [-0.3, -0.25) is 9.59 Å². The molecule has 6 rings (SSSR count). The summed E-state index contributed by atoms with van der Waals surface area (Å²) in [7, 11) is 1.78. The highest BCUT2D eigenvalue weighted by Crippen LogP contribution is 2.36. The molecular formula is C35H54O7. The van der Waals surface area contributed by atoms with E-state index < -0.39 is 11.9 Å². The van der Waals surface area contributed by atoms with Gasteiger partial charge in [-0.25, -0.2) is 9.59 Å². The van der Waals surface area contributed by atoms with Gasteiger partial charge in [0, 0.05) is 32.1 Å². The Labute approximate surface area is 253 Å². The highest BCUT2D eigenvalue weighted by atomic mass is 16.5. The summed E-state index contributed by atoms with van der Waals surface area (Å²) >= 11 is 0. The van der Waals surface area contributed by atoms with E-state index in [9.17, 15) is 9.59 Å². The summed E-state index contributed by atoms with van der Waals surface area (Å²) in [6, 6.07) is 0. The molecule has 0 aromatic heterocycles. The van der Waals surface area contributed by atoms with Crippen molar-refractivity contribution in [3.63, 3.8) is 0 Å². The first-order valence-electron chi connectivity index (χ1n) is 15.1. The number of carboxylic acid groups (broad SMARTS) is 2. The Balaban J connectivity index is 0.000000283. The van der Waals surface area contributed by atoms with Crippen LogP contribution in [0.1, 0.15) is 143 Å². The molecule has 0 aromatic carbocycles. The van der Waals surface area contributed by atoms with E-state index in [-0.39, 0.29) is 14.9 Å². The molecule has 236 valence electrons. The maximum Gasteiger partial charge on any atom is 0.414 e. The minimum atomic E-state index is -1.82. The van der Waals surface area contributed by atoms with Crippen LogP contribution in [-0.4, -0.2) is 40.8 Å². The Morgan fingerprint density at radius 3 is 1.29 bits per heavy atom. The van der Waals surface area contributed by atoms with Gasteiger partial charge in [-0.05, 0) is 102 Å². The fourth-order valence-electron chi connectivity index (χ4n) is 6.49. The van der Waals surface area contributed by atoms with Crippen molar-refractivity contribution in [2.24, 2.45) is 0 Å². The van der Waals surface area contributed by atoms with Gasteiger partial charge in [0.05, 0.1) is 12.9 Å². The topological polar surface area (TPSA) is 118 Å². The molecule has 0 unspecified atom stereocenters. The molecule has 7 nitrogen and oxygen atoms in total. The van der Waals surface area contributed by atoms with Crippen LogP contribution in [-0.2, 0) is 23.9 Å². The van der Waals surface area contributed by atoms with E-state index in [2.05, 4.69) is 6.08 Å². The van der Waals surface area contributed by atoms with Gasteiger partial charge in [0.25, 0.3) is 0 Å². The SMILES string of the molecule is C.C.COC1=CCC2=C(CCCC2)C1.O=C(O)C(=O)O.O=C1CCC2=C(CCCC2)C1.O=C1CCC2=C(CCCC2)C1. The van der Waals surface area contributed by atoms with Gasteiger partial charge in [-0.15, -0.1) is 0 Å². The van der Waals surface area contributed by atoms with Crippen molar-refractivity contribution in [3.05, 3.63) is 45.3 Å². The zero-order valence-electron chi connectivity index (χ0n) is 24.2. The van der Waals surface area contributed by atoms with Crippen LogP contribution in [0.15, 0.2) is 45.3 Å². The third kappa shape index (κ3) is 12.1. The molecule has 0 amide bonds. The van der Waals surface area contributed by atoms with Crippen molar-refractivity contribution >= 4 is 23.5 Å². The number of carboxylic acids is 2. The first kappa shape index (κ1) is 37.1. The lowest BCUT2D eigenvalue weighted by atomic mass is 9.82. The summed E-state index contributed by atoms with van der Waals surface area (Å²) in [5, 5.41) is 14.8. The summed E-state index contributed by atoms with van der Waals surface area (Å²) < 4.78 is 5.27. The molecule has 0 fully saturated rings. The first-order valence-corrected chi connectivity index (χ1v) is 15.1. The number of Topliss-reactive ketones (excluding diaryl/α,β-unsaturated/α-hetero) is 2. The summed E-state index contributed by atoms with van der Waals surface area (Å²) in [6.07, 6.45) is 25.6. The van der Waals surface area contributed by atoms with Crippen molar-refractivity contribution in [2.75, 3.05) is 7.11 Å². The Hall–Kier alpha value is -2.96. The van der Waals surface area contributed by atoms with Crippen LogP contribution in [0.5, 0.6) is 0 Å². The first-order chi connectivity index (χ1) is 19.3. The Morgan fingerprint density at radius 2 is 0.905 bits per heavy atom. The molecular weight excluding hydrogens is 532 g/mol. The molecule has 0 spiro atoms. The standard InChI is InChI=1S/C11H16O.2C10H14O.C2H2O4.2CH4/c1-12-11-7-6-9-4-2-3-5-10(9)8-11;2*11-10-6-5-8-3-1-2-4-9(8)7-10;3-1(4)2(5)6;;/h7H,2-6,8H2,1H3;2*1-7H2;(H,3,4)(H,5,6);2*1H4. The quantitative estimate of drug-likeness (QED) is 0.233. The number of carbonyl (C=O) groups excluding carboxylic acids is 2. The van der Waals surface area contributed by atoms with E-state index in [0.29, 0.717) is 11.6 Å². The van der Waals surface area contributed by atoms with Crippen LogP contribution in [0.4, 0.5) is 0 Å². The summed E-state index contributed by atoms with van der Waals surface area (Å²) in [4.78, 5) is 40.4. The van der Waals surface area contributed by atoms with Crippen molar-refractivity contribution in [2.45, 2.75) is 143 Å². The van der Waals surface area contributed by atoms with E-state index in [1.807, 2.05) is 0 Å². The van der Waals surface area contributed by atoms with Gasteiger partial charge in [-0.1, -0.05) is 48.3 Å². The van der Waals surface area contributed by atoms with E-state index in [0.717, 1.165) is 51.4 Å². The molecule has 7 heteroatoms. The normalized spacial score (nSPS) is 20.9. The summed E-state index contributed by atoms with van der Waals surface area (Å²) in [5.41, 5.74) is 9.59. The van der Waals surface area contributed by atoms with Crippen LogP contribution >= 0.6 is 0 Å². The fraction of sp³-hybridized carbons (Fsp3) is 0.657. The van der Waals surface area contributed by atoms with Crippen LogP contribution in [0.3, 0.4) is 0 Å². The molecule has 6 aliphatic carbocycles. The van der Waals surface area contributed by atoms with E-state index in [1.54, 1.807) is 29.4 Å². The average molecular weight is 587 g/mol. The van der Waals surface area contributed by atoms with Crippen LogP contribution in [0.2, 0.25) is 0 Å². The van der Waals surface area contributed by atoms with Gasteiger partial charge in [-0.2, -0.15) is 0 Å². The monoisotopic (exact) mass is 586 g/mol. The van der Waals surface area contributed by atoms with Gasteiger partial charge in [0.1, 0.15) is 11.6 Å². The lowest BCUT2D eigenvalue weighted by Gasteiger charge is -2.24. The zero-order valence-corrected chi connectivity index (χ0v) is 24.2. The molecule has 0 atom stereocenters. The largest absolute Gasteiger partial charge is 0.501 e. The number of aliphatic carboxylic acids is 2. The number of ketones is 2. The number of allylic oxidation sites excluding steroid dienone is 7. The van der Waals surface area contributed by atoms with Crippen molar-refractivity contribution in [1.29, 1.82) is 0 Å². The Bertz CT molecular complexity index is 1030. The van der Waals surface area contributed by atoms with Crippen molar-refractivity contribution in [1.82, 2.24) is 0 Å². The smallest absolute Gasteiger partial charge is 0.414 e. The van der Waals surface area contributed by atoms with E-state index >= 15 is 0 Å². The highest BCUT2D eigenvalue weighted by Gasteiger charge is 2.21. The minimum Gasteiger partial charge on any atom is -0.501 e. The van der Waals surface area contributed by atoms with E-state index in [4.69, 9.17) is 24.5 Å². The molecule has 2 N–H and O–H groups in total. The van der Waals surface area contributed by atoms with Crippen molar-refractivity contribution in [3.8, 4) is 0 Å². The third-order valence-electron chi connectivity index (χ3n) is 8.76. The second-order valence-electron chi connectivity index (χ2n) is 11.5. The number of methoxy groups -OCH3 is 1. The van der Waals surface area contributed by atoms with Crippen molar-refractivity contribution < 1.29 is 34.1 Å². The van der Waals surface area contributed by atoms with Crippen LogP contribution in [0, 0.1) is 0 Å². The van der Waals surface area contributed by atoms with Gasteiger partial charge >= 0.3 is 11.9 Å². The minimum absolute atomic E-state index is 0. The number of ether oxygens (including phenoxy) is 1. The molecule has 0 saturated carbocycles. The molecule has 0 aliphatic heterocycles. The molecule has 42 heavy (non-hydrogen) atoms. The second kappa shape index (κ2) is 19.3. The second-order valence-corrected chi connectivity index (χ2v) is 11.5. The molecule has 0 aromatic rings. The lowest BCUT2D eigenvalue weighted by molar-refractivity contribution is -0.159. The highest BCUT2D eigenvalue weighted by molar-refractivity contribution is 6.27. The maximum atomic E-state index is 11.1. The number of rotatable bonds is 1. The molecule has 0 saturated heterocycles. The molecule has 6 aliphatic rings. The zero-order chi connectivity index (χ0) is 28.9. The van der Waals surface area contributed by atoms with Crippen LogP contribution in [0.25, 0.3) is 0 Å². The predicted octanol–water partition coefficient (Wildman–Crippen LogP) is 8.83. The number of hydrogen-bond donors (Lipinski definition) is 2. The Kier molecular flexibility index (Phi) is 17.0. The molecule has 0 bridgehead atoms. The lowest BCUT2D eigenvalue weighted by Crippen LogP contribution is -2.12. The summed E-state index contributed by atoms with van der Waals surface area (Å²) in [6.45, 7) is 0. The fourth-order valence-corrected chi connectivity index (χ4v) is 6.49. The van der Waals surface area contributed by atoms with Gasteiger partial charge < -0.3 is 14.9 Å². The molecule has 0 radical (unpaired) electrons. The Morgan fingerprint density at radius 1 is 0.548 bits per heavy atom. The van der Waals surface area contributed by atoms with Gasteiger partial charge in [0.15, 0.2) is 0 Å². The average Bonchev–Trinajstić information content (AvgIpc) is 2.97. The predicted molar refractivity (Wildman–Crippen MR) is 167 cm³/mol. The number of hydrogen-bond acceptors (Lipinski definition) is 5. The van der Waals surface area contributed by atoms with E-state index in [1.165, 1.54) is 94.0 Å². The third-order valence-corrected chi connectivity index (χ3v) is 8.76. The number of carbonyl (C=O) groups is 4.